The van der Waals surface area contributed by atoms with Gasteiger partial charge in [-0.05, 0) is 63.4 Å². The molecule has 0 saturated heterocycles. The number of fused-ring (bicyclic) bond motifs is 1. The van der Waals surface area contributed by atoms with Crippen LogP contribution in [0.4, 0.5) is 10.8 Å². The molecule has 0 radical (unpaired) electrons. The van der Waals surface area contributed by atoms with Gasteiger partial charge in [0.1, 0.15) is 0 Å². The molecule has 0 amide bonds. The zero-order valence-corrected chi connectivity index (χ0v) is 14.0. The maximum Gasteiger partial charge on any atom is 0.190 e. The number of hydrogen-bond donors (Lipinski definition) is 1. The molecule has 3 rings (SSSR count). The average Bonchev–Trinajstić information content (AvgIpc) is 2.89. The molecule has 0 saturated carbocycles. The van der Waals surface area contributed by atoms with Crippen molar-refractivity contribution >= 4 is 22.2 Å². The third kappa shape index (κ3) is 2.83. The first-order valence-electron chi connectivity index (χ1n) is 7.57. The monoisotopic (exact) mass is 301 g/mol. The van der Waals surface area contributed by atoms with Crippen molar-refractivity contribution in [1.29, 1.82) is 0 Å². The van der Waals surface area contributed by atoms with Gasteiger partial charge in [-0.15, -0.1) is 11.3 Å². The van der Waals surface area contributed by atoms with Gasteiger partial charge in [-0.1, -0.05) is 6.07 Å². The Hall–Kier alpha value is -1.39. The second-order valence-electron chi connectivity index (χ2n) is 5.94. The molecule has 1 aromatic heterocycles. The smallest absolute Gasteiger partial charge is 0.190 e. The average molecular weight is 301 g/mol. The Morgan fingerprint density at radius 2 is 1.95 bits per heavy atom. The molecule has 0 bridgehead atoms. The number of nitrogens with zero attached hydrogens (tertiary/aromatic N) is 2. The quantitative estimate of drug-likeness (QED) is 0.924. The van der Waals surface area contributed by atoms with Gasteiger partial charge >= 0.3 is 0 Å². The first-order valence-corrected chi connectivity index (χ1v) is 8.39. The fourth-order valence-electron chi connectivity index (χ4n) is 3.08. The number of aryl methyl sites for hydroxylation is 3. The summed E-state index contributed by atoms with van der Waals surface area (Å²) in [6.07, 6.45) is 3.62. The van der Waals surface area contributed by atoms with Gasteiger partial charge in [-0.25, -0.2) is 4.98 Å². The Kier molecular flexibility index (Phi) is 4.00. The van der Waals surface area contributed by atoms with Crippen LogP contribution in [0.2, 0.25) is 0 Å². The van der Waals surface area contributed by atoms with Crippen molar-refractivity contribution < 1.29 is 0 Å². The van der Waals surface area contributed by atoms with Gasteiger partial charge in [0.25, 0.3) is 0 Å². The Morgan fingerprint density at radius 3 is 2.62 bits per heavy atom. The van der Waals surface area contributed by atoms with Crippen LogP contribution in [0.15, 0.2) is 18.2 Å². The van der Waals surface area contributed by atoms with E-state index in [0.29, 0.717) is 6.04 Å². The summed E-state index contributed by atoms with van der Waals surface area (Å²) in [5.74, 6) is 0. The van der Waals surface area contributed by atoms with Crippen molar-refractivity contribution in [2.24, 2.45) is 0 Å². The van der Waals surface area contributed by atoms with Crippen molar-refractivity contribution in [3.05, 3.63) is 39.9 Å². The van der Waals surface area contributed by atoms with E-state index >= 15 is 0 Å². The van der Waals surface area contributed by atoms with E-state index in [9.17, 15) is 0 Å². The lowest BCUT2D eigenvalue weighted by Crippen LogP contribution is -2.21. The van der Waals surface area contributed by atoms with Crippen LogP contribution in [0.5, 0.6) is 0 Å². The molecule has 4 heteroatoms. The van der Waals surface area contributed by atoms with Crippen LogP contribution in [-0.2, 0) is 6.42 Å². The van der Waals surface area contributed by atoms with E-state index in [0.717, 1.165) is 5.13 Å². The van der Waals surface area contributed by atoms with Gasteiger partial charge in [0.2, 0.25) is 0 Å². The molecule has 3 nitrogen and oxygen atoms in total. The number of benzene rings is 1. The summed E-state index contributed by atoms with van der Waals surface area (Å²) in [7, 11) is 4.15. The Balaban J connectivity index is 1.95. The standard InChI is InChI=1S/C17H23N3S/c1-11-8-12(2)10-13(9-11)20(4)17-19-16-14(18-3)6-5-7-15(16)21-17/h8-10,14,18H,5-7H2,1-4H3. The molecular formula is C17H23N3S. The van der Waals surface area contributed by atoms with Crippen LogP contribution in [-0.4, -0.2) is 19.1 Å². The maximum absolute atomic E-state index is 4.92. The third-order valence-electron chi connectivity index (χ3n) is 4.17. The molecule has 2 aromatic rings. The topological polar surface area (TPSA) is 28.2 Å². The lowest BCUT2D eigenvalue weighted by molar-refractivity contribution is 0.490. The minimum atomic E-state index is 0.423. The molecule has 112 valence electrons. The molecule has 1 aromatic carbocycles. The summed E-state index contributed by atoms with van der Waals surface area (Å²) in [4.78, 5) is 8.59. The van der Waals surface area contributed by atoms with Gasteiger partial charge in [0.05, 0.1) is 11.7 Å². The van der Waals surface area contributed by atoms with Crippen molar-refractivity contribution in [3.63, 3.8) is 0 Å². The molecular weight excluding hydrogens is 278 g/mol. The molecule has 0 fully saturated rings. The SMILES string of the molecule is CNC1CCCc2sc(N(C)c3cc(C)cc(C)c3)nc21. The van der Waals surface area contributed by atoms with Crippen molar-refractivity contribution in [2.45, 2.75) is 39.2 Å². The highest BCUT2D eigenvalue weighted by Gasteiger charge is 2.24. The zero-order valence-electron chi connectivity index (χ0n) is 13.2. The van der Waals surface area contributed by atoms with Crippen LogP contribution < -0.4 is 10.2 Å². The summed E-state index contributed by atoms with van der Waals surface area (Å²) >= 11 is 1.84. The normalized spacial score (nSPS) is 17.6. The van der Waals surface area contributed by atoms with Crippen LogP contribution in [0, 0.1) is 13.8 Å². The number of hydrogen-bond acceptors (Lipinski definition) is 4. The predicted molar refractivity (Wildman–Crippen MR) is 90.8 cm³/mol. The van der Waals surface area contributed by atoms with E-state index in [2.05, 4.69) is 49.3 Å². The molecule has 1 aliphatic carbocycles. The minimum Gasteiger partial charge on any atom is -0.321 e. The Morgan fingerprint density at radius 1 is 1.24 bits per heavy atom. The number of anilines is 2. The van der Waals surface area contributed by atoms with E-state index in [1.165, 1.54) is 46.6 Å². The Bertz CT molecular complexity index is 627. The van der Waals surface area contributed by atoms with Crippen molar-refractivity contribution in [2.75, 3.05) is 19.0 Å². The van der Waals surface area contributed by atoms with Crippen LogP contribution in [0.25, 0.3) is 0 Å². The fraction of sp³-hybridized carbons (Fsp3) is 0.471. The number of thiazole rings is 1. The zero-order chi connectivity index (χ0) is 15.0. The number of aromatic nitrogens is 1. The van der Waals surface area contributed by atoms with Gasteiger partial charge < -0.3 is 10.2 Å². The van der Waals surface area contributed by atoms with E-state index < -0.39 is 0 Å². The Labute approximate surface area is 131 Å². The van der Waals surface area contributed by atoms with Gasteiger partial charge in [0, 0.05) is 17.6 Å². The van der Waals surface area contributed by atoms with E-state index in [4.69, 9.17) is 4.98 Å². The maximum atomic E-state index is 4.92. The van der Waals surface area contributed by atoms with Gasteiger partial charge in [0.15, 0.2) is 5.13 Å². The summed E-state index contributed by atoms with van der Waals surface area (Å²) in [5, 5.41) is 4.50. The first kappa shape index (κ1) is 14.5. The predicted octanol–water partition coefficient (Wildman–Crippen LogP) is 4.12. The summed E-state index contributed by atoms with van der Waals surface area (Å²) in [6, 6.07) is 7.08. The molecule has 21 heavy (non-hydrogen) atoms. The third-order valence-corrected chi connectivity index (χ3v) is 5.38. The first-order chi connectivity index (χ1) is 10.1. The molecule has 1 N–H and O–H groups in total. The van der Waals surface area contributed by atoms with Crippen LogP contribution in [0.1, 0.15) is 40.6 Å². The second-order valence-corrected chi connectivity index (χ2v) is 7.01. The van der Waals surface area contributed by atoms with Crippen molar-refractivity contribution in [3.8, 4) is 0 Å². The molecule has 1 atom stereocenters. The number of nitrogens with one attached hydrogen (secondary N) is 1. The van der Waals surface area contributed by atoms with Crippen LogP contribution >= 0.6 is 11.3 Å². The largest absolute Gasteiger partial charge is 0.321 e. The van der Waals surface area contributed by atoms with Crippen LogP contribution in [0.3, 0.4) is 0 Å². The highest BCUT2D eigenvalue weighted by molar-refractivity contribution is 7.15. The number of rotatable bonds is 3. The van der Waals surface area contributed by atoms with E-state index in [-0.39, 0.29) is 0 Å². The lowest BCUT2D eigenvalue weighted by atomic mass is 9.98. The molecule has 1 aliphatic rings. The molecule has 0 spiro atoms. The molecule has 1 heterocycles. The molecule has 1 unspecified atom stereocenters. The molecule has 0 aliphatic heterocycles. The van der Waals surface area contributed by atoms with Gasteiger partial charge in [-0.2, -0.15) is 0 Å². The summed E-state index contributed by atoms with van der Waals surface area (Å²) in [6.45, 7) is 4.29. The van der Waals surface area contributed by atoms with Crippen molar-refractivity contribution in [1.82, 2.24) is 10.3 Å². The highest BCUT2D eigenvalue weighted by atomic mass is 32.1. The second kappa shape index (κ2) is 5.78. The van der Waals surface area contributed by atoms with E-state index in [1.807, 2.05) is 18.4 Å². The highest BCUT2D eigenvalue weighted by Crippen LogP contribution is 2.38. The summed E-state index contributed by atoms with van der Waals surface area (Å²) < 4.78 is 0. The summed E-state index contributed by atoms with van der Waals surface area (Å²) in [5.41, 5.74) is 5.08. The fourth-order valence-corrected chi connectivity index (χ4v) is 4.23. The minimum absolute atomic E-state index is 0.423. The lowest BCUT2D eigenvalue weighted by Gasteiger charge is -2.20. The van der Waals surface area contributed by atoms with E-state index in [1.54, 1.807) is 0 Å². The van der Waals surface area contributed by atoms with Gasteiger partial charge in [-0.3, -0.25) is 0 Å².